The molecule has 18 heavy (non-hydrogen) atoms. The molecule has 2 rings (SSSR count). The number of halogens is 1. The molecule has 98 valence electrons. The molecule has 1 aromatic rings. The van der Waals surface area contributed by atoms with Gasteiger partial charge in [-0.25, -0.2) is 0 Å². The molecule has 1 aliphatic rings. The van der Waals surface area contributed by atoms with Crippen molar-refractivity contribution in [2.45, 2.75) is 26.7 Å². The Morgan fingerprint density at radius 3 is 2.50 bits per heavy atom. The second kappa shape index (κ2) is 4.92. The standard InChI is InChI=1S/C14H20BrN3/c1-14(2)5-7-18(8-6-14)12-4-3-10(15)9-11(12)13(16)17/h3-4,9H,5-8H2,1-2H3,(H3,16,17). The van der Waals surface area contributed by atoms with Gasteiger partial charge in [0.15, 0.2) is 0 Å². The highest BCUT2D eigenvalue weighted by molar-refractivity contribution is 9.10. The molecule has 0 unspecified atom stereocenters. The number of hydrogen-bond acceptors (Lipinski definition) is 2. The molecule has 1 fully saturated rings. The van der Waals surface area contributed by atoms with E-state index in [9.17, 15) is 0 Å². The van der Waals surface area contributed by atoms with Crippen LogP contribution >= 0.6 is 15.9 Å². The summed E-state index contributed by atoms with van der Waals surface area (Å²) in [5.41, 5.74) is 8.02. The monoisotopic (exact) mass is 309 g/mol. The molecule has 1 aromatic carbocycles. The van der Waals surface area contributed by atoms with Gasteiger partial charge in [0.05, 0.1) is 0 Å². The summed E-state index contributed by atoms with van der Waals surface area (Å²) in [5, 5.41) is 7.70. The van der Waals surface area contributed by atoms with Crippen molar-refractivity contribution < 1.29 is 0 Å². The lowest BCUT2D eigenvalue weighted by Crippen LogP contribution is -2.38. The summed E-state index contributed by atoms with van der Waals surface area (Å²) in [6.45, 7) is 6.71. The first-order valence-electron chi connectivity index (χ1n) is 6.28. The van der Waals surface area contributed by atoms with Crippen LogP contribution < -0.4 is 10.6 Å². The van der Waals surface area contributed by atoms with Crippen LogP contribution in [-0.4, -0.2) is 18.9 Å². The van der Waals surface area contributed by atoms with Crippen LogP contribution in [0.5, 0.6) is 0 Å². The number of hydrogen-bond donors (Lipinski definition) is 2. The average Bonchev–Trinajstić information content (AvgIpc) is 2.29. The molecule has 0 aromatic heterocycles. The van der Waals surface area contributed by atoms with Gasteiger partial charge >= 0.3 is 0 Å². The molecule has 1 aliphatic heterocycles. The van der Waals surface area contributed by atoms with Crippen molar-refractivity contribution in [3.05, 3.63) is 28.2 Å². The molecule has 0 aliphatic carbocycles. The van der Waals surface area contributed by atoms with Gasteiger partial charge in [0.1, 0.15) is 5.84 Å². The quantitative estimate of drug-likeness (QED) is 0.650. The number of rotatable bonds is 2. The Balaban J connectivity index is 2.26. The summed E-state index contributed by atoms with van der Waals surface area (Å²) < 4.78 is 0.966. The van der Waals surface area contributed by atoms with Gasteiger partial charge in [-0.1, -0.05) is 29.8 Å². The topological polar surface area (TPSA) is 53.1 Å². The Kier molecular flexibility index (Phi) is 3.66. The van der Waals surface area contributed by atoms with Gasteiger partial charge in [-0.2, -0.15) is 0 Å². The molecular weight excluding hydrogens is 290 g/mol. The van der Waals surface area contributed by atoms with Gasteiger partial charge in [-0.05, 0) is 36.5 Å². The van der Waals surface area contributed by atoms with Gasteiger partial charge in [0.2, 0.25) is 0 Å². The van der Waals surface area contributed by atoms with Crippen molar-refractivity contribution in [1.29, 1.82) is 5.41 Å². The van der Waals surface area contributed by atoms with Crippen LogP contribution in [0.3, 0.4) is 0 Å². The molecular formula is C14H20BrN3. The van der Waals surface area contributed by atoms with Crippen LogP contribution in [-0.2, 0) is 0 Å². The fourth-order valence-electron chi connectivity index (χ4n) is 2.35. The average molecular weight is 310 g/mol. The molecule has 0 amide bonds. The normalized spacial score (nSPS) is 18.7. The summed E-state index contributed by atoms with van der Waals surface area (Å²) in [6.07, 6.45) is 2.36. The van der Waals surface area contributed by atoms with Crippen LogP contribution in [0.4, 0.5) is 5.69 Å². The largest absolute Gasteiger partial charge is 0.384 e. The molecule has 3 nitrogen and oxygen atoms in total. The fraction of sp³-hybridized carbons (Fsp3) is 0.500. The number of nitrogens with two attached hydrogens (primary N) is 1. The maximum absolute atomic E-state index is 7.70. The van der Waals surface area contributed by atoms with E-state index in [1.54, 1.807) is 0 Å². The lowest BCUT2D eigenvalue weighted by atomic mass is 9.82. The molecule has 4 heteroatoms. The number of piperidine rings is 1. The summed E-state index contributed by atoms with van der Waals surface area (Å²) in [7, 11) is 0. The van der Waals surface area contributed by atoms with Gasteiger partial charge < -0.3 is 10.6 Å². The SMILES string of the molecule is CC1(C)CCN(c2ccc(Br)cc2C(=N)N)CC1. The molecule has 0 radical (unpaired) electrons. The lowest BCUT2D eigenvalue weighted by molar-refractivity contribution is 0.280. The van der Waals surface area contributed by atoms with E-state index in [0.29, 0.717) is 5.41 Å². The molecule has 3 N–H and O–H groups in total. The number of benzene rings is 1. The van der Waals surface area contributed by atoms with Crippen molar-refractivity contribution in [3.63, 3.8) is 0 Å². The van der Waals surface area contributed by atoms with E-state index in [1.807, 2.05) is 12.1 Å². The highest BCUT2D eigenvalue weighted by atomic mass is 79.9. The summed E-state index contributed by atoms with van der Waals surface area (Å²) >= 11 is 3.44. The Bertz CT molecular complexity index is 458. The highest BCUT2D eigenvalue weighted by Gasteiger charge is 2.26. The number of nitrogens with zero attached hydrogens (tertiary/aromatic N) is 1. The molecule has 0 bridgehead atoms. The predicted molar refractivity (Wildman–Crippen MR) is 80.4 cm³/mol. The number of amidine groups is 1. The minimum absolute atomic E-state index is 0.135. The maximum Gasteiger partial charge on any atom is 0.124 e. The molecule has 0 saturated carbocycles. The van der Waals surface area contributed by atoms with Crippen molar-refractivity contribution in [2.75, 3.05) is 18.0 Å². The smallest absolute Gasteiger partial charge is 0.124 e. The van der Waals surface area contributed by atoms with Crippen molar-refractivity contribution in [1.82, 2.24) is 0 Å². The van der Waals surface area contributed by atoms with Crippen LogP contribution in [0.1, 0.15) is 32.3 Å². The predicted octanol–water partition coefficient (Wildman–Crippen LogP) is 3.36. The zero-order chi connectivity index (χ0) is 13.3. The lowest BCUT2D eigenvalue weighted by Gasteiger charge is -2.39. The van der Waals surface area contributed by atoms with E-state index in [1.165, 1.54) is 12.8 Å². The third-order valence-corrected chi connectivity index (χ3v) is 4.20. The van der Waals surface area contributed by atoms with Crippen LogP contribution in [0.2, 0.25) is 0 Å². The molecule has 1 saturated heterocycles. The van der Waals surface area contributed by atoms with Crippen LogP contribution in [0, 0.1) is 10.8 Å². The number of nitrogens with one attached hydrogen (secondary N) is 1. The maximum atomic E-state index is 7.70. The van der Waals surface area contributed by atoms with E-state index in [0.717, 1.165) is 28.8 Å². The summed E-state index contributed by atoms with van der Waals surface area (Å²) in [6, 6.07) is 6.00. The third kappa shape index (κ3) is 2.86. The Morgan fingerprint density at radius 2 is 1.94 bits per heavy atom. The zero-order valence-electron chi connectivity index (χ0n) is 11.0. The minimum Gasteiger partial charge on any atom is -0.384 e. The van der Waals surface area contributed by atoms with E-state index in [2.05, 4.69) is 40.7 Å². The van der Waals surface area contributed by atoms with Crippen LogP contribution in [0.15, 0.2) is 22.7 Å². The van der Waals surface area contributed by atoms with Crippen molar-refractivity contribution in [3.8, 4) is 0 Å². The van der Waals surface area contributed by atoms with E-state index < -0.39 is 0 Å². The molecule has 0 atom stereocenters. The Hall–Kier alpha value is -1.03. The van der Waals surface area contributed by atoms with Gasteiger partial charge in [0, 0.05) is 28.8 Å². The molecule has 1 heterocycles. The van der Waals surface area contributed by atoms with Gasteiger partial charge in [0.25, 0.3) is 0 Å². The highest BCUT2D eigenvalue weighted by Crippen LogP contribution is 2.34. The summed E-state index contributed by atoms with van der Waals surface area (Å²) in [4.78, 5) is 2.34. The van der Waals surface area contributed by atoms with Gasteiger partial charge in [-0.15, -0.1) is 0 Å². The molecule has 0 spiro atoms. The second-order valence-electron chi connectivity index (χ2n) is 5.73. The van der Waals surface area contributed by atoms with Crippen LogP contribution in [0.25, 0.3) is 0 Å². The number of nitrogen functional groups attached to an aromatic ring is 1. The summed E-state index contributed by atoms with van der Waals surface area (Å²) in [5.74, 6) is 0.135. The van der Waals surface area contributed by atoms with Gasteiger partial charge in [-0.3, -0.25) is 5.41 Å². The Labute approximate surface area is 117 Å². The van der Waals surface area contributed by atoms with Crippen molar-refractivity contribution >= 4 is 27.5 Å². The third-order valence-electron chi connectivity index (χ3n) is 3.71. The Morgan fingerprint density at radius 1 is 1.33 bits per heavy atom. The minimum atomic E-state index is 0.135. The second-order valence-corrected chi connectivity index (χ2v) is 6.64. The first-order chi connectivity index (χ1) is 8.39. The fourth-order valence-corrected chi connectivity index (χ4v) is 2.71. The van der Waals surface area contributed by atoms with Crippen molar-refractivity contribution in [2.24, 2.45) is 11.1 Å². The zero-order valence-corrected chi connectivity index (χ0v) is 12.5. The number of anilines is 1. The van der Waals surface area contributed by atoms with E-state index in [-0.39, 0.29) is 5.84 Å². The first kappa shape index (κ1) is 13.4. The van der Waals surface area contributed by atoms with E-state index >= 15 is 0 Å². The van der Waals surface area contributed by atoms with E-state index in [4.69, 9.17) is 11.1 Å². The first-order valence-corrected chi connectivity index (χ1v) is 7.07.